The Kier molecular flexibility index (Phi) is 3.59. The van der Waals surface area contributed by atoms with Crippen LogP contribution in [0, 0.1) is 0 Å². The Bertz CT molecular complexity index is 212. The highest BCUT2D eigenvalue weighted by Crippen LogP contribution is 2.13. The number of hydrogen-bond acceptors (Lipinski definition) is 4. The van der Waals surface area contributed by atoms with Gasteiger partial charge in [0.05, 0.1) is 6.61 Å². The highest BCUT2D eigenvalue weighted by Gasteiger charge is 2.26. The van der Waals surface area contributed by atoms with Crippen LogP contribution in [0.5, 0.6) is 0 Å². The Morgan fingerprint density at radius 3 is 2.92 bits per heavy atom. The van der Waals surface area contributed by atoms with E-state index in [9.17, 15) is 9.90 Å². The Labute approximate surface area is 77.1 Å². The topological polar surface area (TPSA) is 55.8 Å². The fourth-order valence-corrected chi connectivity index (χ4v) is 1.08. The molecular weight excluding hydrogens is 172 g/mol. The molecule has 0 saturated carbocycles. The molecule has 0 aromatic heterocycles. The van der Waals surface area contributed by atoms with E-state index in [4.69, 9.17) is 9.47 Å². The minimum absolute atomic E-state index is 0.0602. The molecule has 1 saturated heterocycles. The highest BCUT2D eigenvalue weighted by atomic mass is 16.7. The van der Waals surface area contributed by atoms with Gasteiger partial charge in [0.2, 0.25) is 0 Å². The predicted molar refractivity (Wildman–Crippen MR) is 46.1 cm³/mol. The van der Waals surface area contributed by atoms with Gasteiger partial charge in [-0.3, -0.25) is 4.79 Å². The standard InChI is InChI=1S/C9H14O4/c1-6(10)3-4-9-8(11)5-12-7(2)13-9/h3-4,7-9,11H,5H2,1-2H3/b4-3+/t7-,8+,9+/m0/s1. The molecule has 1 heterocycles. The van der Waals surface area contributed by atoms with Crippen molar-refractivity contribution in [2.75, 3.05) is 6.61 Å². The van der Waals surface area contributed by atoms with Gasteiger partial charge in [0, 0.05) is 0 Å². The SMILES string of the molecule is CC(=O)/C=C/[C@H]1O[C@@H](C)OC[C@H]1O. The van der Waals surface area contributed by atoms with E-state index in [1.165, 1.54) is 13.0 Å². The van der Waals surface area contributed by atoms with E-state index >= 15 is 0 Å². The summed E-state index contributed by atoms with van der Waals surface area (Å²) in [6, 6.07) is 0. The largest absolute Gasteiger partial charge is 0.388 e. The van der Waals surface area contributed by atoms with Gasteiger partial charge >= 0.3 is 0 Å². The molecule has 74 valence electrons. The van der Waals surface area contributed by atoms with Crippen LogP contribution in [-0.2, 0) is 14.3 Å². The molecule has 4 nitrogen and oxygen atoms in total. The maximum absolute atomic E-state index is 10.6. The molecular formula is C9H14O4. The second kappa shape index (κ2) is 4.50. The van der Waals surface area contributed by atoms with Gasteiger partial charge in [-0.25, -0.2) is 0 Å². The van der Waals surface area contributed by atoms with Gasteiger partial charge in [0.25, 0.3) is 0 Å². The number of aliphatic hydroxyl groups excluding tert-OH is 1. The lowest BCUT2D eigenvalue weighted by molar-refractivity contribution is -0.230. The Morgan fingerprint density at radius 1 is 1.62 bits per heavy atom. The Morgan fingerprint density at radius 2 is 2.31 bits per heavy atom. The normalized spacial score (nSPS) is 35.2. The second-order valence-electron chi connectivity index (χ2n) is 3.04. The fraction of sp³-hybridized carbons (Fsp3) is 0.667. The molecule has 0 spiro atoms. The van der Waals surface area contributed by atoms with Crippen molar-refractivity contribution in [3.05, 3.63) is 12.2 Å². The summed E-state index contributed by atoms with van der Waals surface area (Å²) in [5.74, 6) is -0.0602. The van der Waals surface area contributed by atoms with Crippen LogP contribution < -0.4 is 0 Å². The average molecular weight is 186 g/mol. The number of hydrogen-bond donors (Lipinski definition) is 1. The lowest BCUT2D eigenvalue weighted by Crippen LogP contribution is -2.41. The lowest BCUT2D eigenvalue weighted by atomic mass is 10.1. The maximum atomic E-state index is 10.6. The van der Waals surface area contributed by atoms with Crippen molar-refractivity contribution >= 4 is 5.78 Å². The van der Waals surface area contributed by atoms with Crippen LogP contribution >= 0.6 is 0 Å². The van der Waals surface area contributed by atoms with Crippen LogP contribution in [0.25, 0.3) is 0 Å². The van der Waals surface area contributed by atoms with Gasteiger partial charge in [-0.15, -0.1) is 0 Å². The summed E-state index contributed by atoms with van der Waals surface area (Å²) in [5.41, 5.74) is 0. The van der Waals surface area contributed by atoms with E-state index < -0.39 is 12.2 Å². The third kappa shape index (κ3) is 3.26. The molecule has 1 rings (SSSR count). The van der Waals surface area contributed by atoms with Crippen molar-refractivity contribution in [2.24, 2.45) is 0 Å². The summed E-state index contributed by atoms with van der Waals surface area (Å²) in [4.78, 5) is 10.6. The van der Waals surface area contributed by atoms with Crippen molar-refractivity contribution in [3.8, 4) is 0 Å². The predicted octanol–water partition coefficient (Wildman–Crippen LogP) is 0.254. The summed E-state index contributed by atoms with van der Waals surface area (Å²) < 4.78 is 10.3. The molecule has 1 fully saturated rings. The third-order valence-electron chi connectivity index (χ3n) is 1.75. The van der Waals surface area contributed by atoms with Crippen LogP contribution in [0.15, 0.2) is 12.2 Å². The molecule has 0 aromatic rings. The Balaban J connectivity index is 2.51. The minimum atomic E-state index is -0.688. The van der Waals surface area contributed by atoms with Crippen molar-refractivity contribution in [1.82, 2.24) is 0 Å². The maximum Gasteiger partial charge on any atom is 0.155 e. The molecule has 13 heavy (non-hydrogen) atoms. The molecule has 0 aromatic carbocycles. The van der Waals surface area contributed by atoms with E-state index in [2.05, 4.69) is 0 Å². The molecule has 0 radical (unpaired) electrons. The van der Waals surface area contributed by atoms with Crippen molar-refractivity contribution in [1.29, 1.82) is 0 Å². The van der Waals surface area contributed by atoms with Gasteiger partial charge in [-0.1, -0.05) is 0 Å². The van der Waals surface area contributed by atoms with Crippen molar-refractivity contribution < 1.29 is 19.4 Å². The zero-order chi connectivity index (χ0) is 9.84. The Hall–Kier alpha value is -0.710. The third-order valence-corrected chi connectivity index (χ3v) is 1.75. The first-order chi connectivity index (χ1) is 6.09. The first-order valence-electron chi connectivity index (χ1n) is 4.23. The van der Waals surface area contributed by atoms with E-state index in [0.29, 0.717) is 0 Å². The van der Waals surface area contributed by atoms with Gasteiger partial charge < -0.3 is 14.6 Å². The number of rotatable bonds is 2. The molecule has 4 heteroatoms. The van der Waals surface area contributed by atoms with E-state index in [1.54, 1.807) is 13.0 Å². The van der Waals surface area contributed by atoms with Crippen LogP contribution in [0.4, 0.5) is 0 Å². The number of carbonyl (C=O) groups excluding carboxylic acids is 1. The van der Waals surface area contributed by atoms with E-state index in [1.807, 2.05) is 0 Å². The van der Waals surface area contributed by atoms with Gasteiger partial charge in [-0.05, 0) is 26.0 Å². The monoisotopic (exact) mass is 186 g/mol. The van der Waals surface area contributed by atoms with Gasteiger partial charge in [-0.2, -0.15) is 0 Å². The van der Waals surface area contributed by atoms with Crippen LogP contribution in [-0.4, -0.2) is 36.0 Å². The fourth-order valence-electron chi connectivity index (χ4n) is 1.08. The number of ketones is 1. The molecule has 1 N–H and O–H groups in total. The molecule has 0 unspecified atom stereocenters. The summed E-state index contributed by atoms with van der Waals surface area (Å²) >= 11 is 0. The zero-order valence-electron chi connectivity index (χ0n) is 7.77. The van der Waals surface area contributed by atoms with E-state index in [0.717, 1.165) is 0 Å². The molecule has 1 aliphatic rings. The average Bonchev–Trinajstić information content (AvgIpc) is 2.06. The molecule has 0 amide bonds. The zero-order valence-corrected chi connectivity index (χ0v) is 7.77. The number of ether oxygens (including phenoxy) is 2. The summed E-state index contributed by atoms with van der Waals surface area (Å²) in [6.07, 6.45) is 1.50. The molecule has 0 aliphatic carbocycles. The lowest BCUT2D eigenvalue weighted by Gasteiger charge is -2.30. The minimum Gasteiger partial charge on any atom is -0.388 e. The summed E-state index contributed by atoms with van der Waals surface area (Å²) in [5, 5.41) is 9.39. The van der Waals surface area contributed by atoms with Crippen LogP contribution in [0.2, 0.25) is 0 Å². The van der Waals surface area contributed by atoms with Crippen molar-refractivity contribution in [3.63, 3.8) is 0 Å². The molecule has 3 atom stereocenters. The first kappa shape index (κ1) is 10.4. The first-order valence-corrected chi connectivity index (χ1v) is 4.23. The smallest absolute Gasteiger partial charge is 0.155 e. The quantitative estimate of drug-likeness (QED) is 0.628. The number of carbonyl (C=O) groups is 1. The van der Waals surface area contributed by atoms with Gasteiger partial charge in [0.1, 0.15) is 12.2 Å². The highest BCUT2D eigenvalue weighted by molar-refractivity contribution is 5.87. The molecule has 0 bridgehead atoms. The molecule has 1 aliphatic heterocycles. The number of allylic oxidation sites excluding steroid dienone is 1. The summed E-state index contributed by atoms with van der Waals surface area (Å²) in [7, 11) is 0. The van der Waals surface area contributed by atoms with E-state index in [-0.39, 0.29) is 18.7 Å². The van der Waals surface area contributed by atoms with Gasteiger partial charge in [0.15, 0.2) is 12.1 Å². The second-order valence-corrected chi connectivity index (χ2v) is 3.04. The van der Waals surface area contributed by atoms with Crippen molar-refractivity contribution in [2.45, 2.75) is 32.3 Å². The van der Waals surface area contributed by atoms with Crippen LogP contribution in [0.3, 0.4) is 0 Å². The van der Waals surface area contributed by atoms with Crippen LogP contribution in [0.1, 0.15) is 13.8 Å². The summed E-state index contributed by atoms with van der Waals surface area (Å²) in [6.45, 7) is 3.44. The number of aliphatic hydroxyl groups is 1.